The Kier molecular flexibility index (Phi) is 7.78. The van der Waals surface area contributed by atoms with Crippen LogP contribution in [0.2, 0.25) is 0 Å². The molecule has 1 saturated heterocycles. The van der Waals surface area contributed by atoms with Crippen molar-refractivity contribution in [1.82, 2.24) is 4.90 Å². The van der Waals surface area contributed by atoms with Gasteiger partial charge in [-0.1, -0.05) is 43.7 Å². The molecule has 0 amide bonds. The van der Waals surface area contributed by atoms with Crippen LogP contribution in [0.3, 0.4) is 0 Å². The summed E-state index contributed by atoms with van der Waals surface area (Å²) < 4.78 is 0. The van der Waals surface area contributed by atoms with Crippen LogP contribution < -0.4 is 0 Å². The van der Waals surface area contributed by atoms with Gasteiger partial charge in [-0.15, -0.1) is 11.3 Å². The van der Waals surface area contributed by atoms with Crippen molar-refractivity contribution >= 4 is 22.7 Å². The van der Waals surface area contributed by atoms with Crippen LogP contribution in [-0.4, -0.2) is 46.6 Å². The number of fused-ring (bicyclic) bond motifs is 7. The molecule has 0 unspecified atom stereocenters. The molecule has 0 bridgehead atoms. The summed E-state index contributed by atoms with van der Waals surface area (Å²) in [4.78, 5) is 16.0. The van der Waals surface area contributed by atoms with Gasteiger partial charge in [0.25, 0.3) is 0 Å². The zero-order valence-electron chi connectivity index (χ0n) is 27.3. The van der Waals surface area contributed by atoms with Crippen molar-refractivity contribution in [2.45, 2.75) is 103 Å². The molecular formula is C39H51NO3S. The molecule has 0 radical (unpaired) electrons. The first-order chi connectivity index (χ1) is 21.0. The van der Waals surface area contributed by atoms with E-state index in [0.29, 0.717) is 24.2 Å². The Morgan fingerprint density at radius 1 is 0.841 bits per heavy atom. The number of hydrogen-bond donors (Lipinski definition) is 2. The number of thiophene rings is 1. The highest BCUT2D eigenvalue weighted by molar-refractivity contribution is 7.10. The number of carbonyl (C=O) groups is 1. The molecule has 4 fully saturated rings. The maximum absolute atomic E-state index is 11.9. The van der Waals surface area contributed by atoms with E-state index in [4.69, 9.17) is 0 Å². The highest BCUT2D eigenvalue weighted by Gasteiger charge is 2.62. The molecule has 4 nitrogen and oxygen atoms in total. The van der Waals surface area contributed by atoms with Gasteiger partial charge >= 0.3 is 0 Å². The lowest BCUT2D eigenvalue weighted by atomic mass is 9.46. The fourth-order valence-electron chi connectivity index (χ4n) is 10.6. The molecule has 0 spiro atoms. The van der Waals surface area contributed by atoms with Gasteiger partial charge < -0.3 is 15.1 Å². The first-order valence-electron chi connectivity index (χ1n) is 17.3. The summed E-state index contributed by atoms with van der Waals surface area (Å²) >= 11 is 1.93. The van der Waals surface area contributed by atoms with E-state index in [-0.39, 0.29) is 22.4 Å². The molecular weight excluding hydrogens is 563 g/mol. The van der Waals surface area contributed by atoms with E-state index in [2.05, 4.69) is 61.5 Å². The van der Waals surface area contributed by atoms with E-state index in [1.807, 2.05) is 18.3 Å². The van der Waals surface area contributed by atoms with Crippen LogP contribution >= 0.6 is 11.3 Å². The van der Waals surface area contributed by atoms with E-state index < -0.39 is 5.60 Å². The largest absolute Gasteiger partial charge is 0.504 e. The predicted octanol–water partition coefficient (Wildman–Crippen LogP) is 8.53. The molecule has 8 rings (SSSR count). The Balaban J connectivity index is 0.000000143. The van der Waals surface area contributed by atoms with Crippen LogP contribution in [0, 0.1) is 28.6 Å². The average molecular weight is 614 g/mol. The first-order valence-corrected chi connectivity index (χ1v) is 18.2. The molecule has 1 aliphatic heterocycles. The first kappa shape index (κ1) is 30.4. The molecule has 2 aromatic rings. The lowest BCUT2D eigenvalue weighted by Crippen LogP contribution is -2.54. The number of likely N-dealkylation sites (tertiary alicyclic amines) is 1. The van der Waals surface area contributed by atoms with E-state index in [0.717, 1.165) is 50.5 Å². The second-order valence-corrected chi connectivity index (χ2v) is 16.5. The number of hydrogen-bond acceptors (Lipinski definition) is 5. The quantitative estimate of drug-likeness (QED) is 0.313. The third kappa shape index (κ3) is 4.79. The Labute approximate surface area is 268 Å². The summed E-state index contributed by atoms with van der Waals surface area (Å²) in [6, 6.07) is 11.4. The van der Waals surface area contributed by atoms with Gasteiger partial charge in [0, 0.05) is 24.4 Å². The van der Waals surface area contributed by atoms with Crippen LogP contribution in [0.5, 0.6) is 0 Å². The lowest BCUT2D eigenvalue weighted by Gasteiger charge is -2.58. The number of nitrogens with zero attached hydrogens (tertiary/aromatic N) is 1. The Morgan fingerprint density at radius 2 is 1.59 bits per heavy atom. The Morgan fingerprint density at radius 3 is 2.39 bits per heavy atom. The van der Waals surface area contributed by atoms with Gasteiger partial charge in [0.05, 0.1) is 5.60 Å². The Hall–Kier alpha value is -2.21. The van der Waals surface area contributed by atoms with Crippen molar-refractivity contribution < 1.29 is 15.0 Å². The van der Waals surface area contributed by atoms with Crippen LogP contribution in [0.15, 0.2) is 52.6 Å². The standard InChI is InChI=1S/C20H30O3.C19H21NS/c1-18-9-8-16(21)17(22)15(18)5-4-12-13(18)6-10-19(2)14(12)7-11-20(19,3)23;1-20-11-8-15(9-12-20)19-16-5-3-2-4-14(16)6-7-18-17(19)10-13-21-18/h12-14,22-23H,4-11H2,1-3H3;2-5,10,13H,6-9,11-12H2,1H3/t12-,13+,14+,18-,19+,20+;/m1./s1. The fourth-order valence-corrected chi connectivity index (χ4v) is 11.5. The van der Waals surface area contributed by atoms with E-state index >= 15 is 0 Å². The van der Waals surface area contributed by atoms with Gasteiger partial charge in [-0.05, 0) is 152 Å². The van der Waals surface area contributed by atoms with Gasteiger partial charge in [0.1, 0.15) is 0 Å². The zero-order valence-corrected chi connectivity index (χ0v) is 28.1. The van der Waals surface area contributed by atoms with Crippen LogP contribution in [0.4, 0.5) is 0 Å². The summed E-state index contributed by atoms with van der Waals surface area (Å²) in [6.07, 6.45) is 12.4. The van der Waals surface area contributed by atoms with Gasteiger partial charge in [-0.2, -0.15) is 0 Å². The second-order valence-electron chi connectivity index (χ2n) is 15.5. The number of aryl methyl sites for hydroxylation is 2. The summed E-state index contributed by atoms with van der Waals surface area (Å²) in [5.41, 5.74) is 8.32. The molecule has 6 atom stereocenters. The number of allylic oxidation sites excluding steroid dienone is 1. The van der Waals surface area contributed by atoms with Crippen molar-refractivity contribution in [3.8, 4) is 0 Å². The molecule has 1 aromatic heterocycles. The van der Waals surface area contributed by atoms with Crippen molar-refractivity contribution in [1.29, 1.82) is 0 Å². The number of aliphatic hydroxyl groups is 2. The molecule has 5 aliphatic carbocycles. The summed E-state index contributed by atoms with van der Waals surface area (Å²) in [5.74, 6) is 1.82. The molecule has 2 heterocycles. The molecule has 5 heteroatoms. The SMILES string of the molecule is CN1CCC(=C2c3ccccc3CCc3sccc32)CC1.C[C@]12CCC(=O)C(O)=C1CC[C@@H]1[C@@H]2CC[C@@]2(C)[C@H]1CC[C@]2(C)O. The predicted molar refractivity (Wildman–Crippen MR) is 180 cm³/mol. The minimum Gasteiger partial charge on any atom is -0.504 e. The zero-order chi connectivity index (χ0) is 30.9. The van der Waals surface area contributed by atoms with Crippen molar-refractivity contribution in [3.05, 3.63) is 74.2 Å². The van der Waals surface area contributed by atoms with Crippen LogP contribution in [0.25, 0.3) is 5.57 Å². The highest BCUT2D eigenvalue weighted by Crippen LogP contribution is 2.67. The number of aliphatic hydroxyl groups excluding tert-OH is 1. The minimum absolute atomic E-state index is 0.00329. The monoisotopic (exact) mass is 613 g/mol. The minimum atomic E-state index is -0.537. The second kappa shape index (κ2) is 11.2. The van der Waals surface area contributed by atoms with Gasteiger partial charge in [0.15, 0.2) is 11.5 Å². The summed E-state index contributed by atoms with van der Waals surface area (Å²) in [7, 11) is 2.23. The van der Waals surface area contributed by atoms with E-state index in [9.17, 15) is 15.0 Å². The van der Waals surface area contributed by atoms with Crippen LogP contribution in [0.1, 0.15) is 107 Å². The molecule has 1 aromatic carbocycles. The molecule has 236 valence electrons. The summed E-state index contributed by atoms with van der Waals surface area (Å²) in [6.45, 7) is 9.02. The van der Waals surface area contributed by atoms with Crippen molar-refractivity contribution in [2.75, 3.05) is 20.1 Å². The van der Waals surface area contributed by atoms with E-state index in [1.165, 1.54) is 55.5 Å². The molecule has 6 aliphatic rings. The molecule has 3 saturated carbocycles. The van der Waals surface area contributed by atoms with Gasteiger partial charge in [0.2, 0.25) is 0 Å². The van der Waals surface area contributed by atoms with Gasteiger partial charge in [-0.25, -0.2) is 0 Å². The Bertz CT molecular complexity index is 1500. The van der Waals surface area contributed by atoms with Crippen molar-refractivity contribution in [2.24, 2.45) is 28.6 Å². The van der Waals surface area contributed by atoms with E-state index in [1.54, 1.807) is 16.0 Å². The topological polar surface area (TPSA) is 60.8 Å². The number of piperidine rings is 1. The number of Topliss-reactive ketones (excluding diaryl/α,β-unsaturated/α-hetero) is 1. The fraction of sp³-hybridized carbons (Fsp3) is 0.615. The number of carbonyl (C=O) groups excluding carboxylic acids is 1. The van der Waals surface area contributed by atoms with Gasteiger partial charge in [-0.3, -0.25) is 4.79 Å². The normalized spacial score (nSPS) is 36.8. The smallest absolute Gasteiger partial charge is 0.197 e. The molecule has 2 N–H and O–H groups in total. The van der Waals surface area contributed by atoms with Crippen molar-refractivity contribution in [3.63, 3.8) is 0 Å². The third-order valence-electron chi connectivity index (χ3n) is 13.5. The number of benzene rings is 1. The molecule has 44 heavy (non-hydrogen) atoms. The number of ketones is 1. The number of rotatable bonds is 0. The average Bonchev–Trinajstić information content (AvgIpc) is 3.52. The van der Waals surface area contributed by atoms with Crippen LogP contribution in [-0.2, 0) is 17.6 Å². The maximum Gasteiger partial charge on any atom is 0.197 e. The highest BCUT2D eigenvalue weighted by atomic mass is 32.1. The third-order valence-corrected chi connectivity index (χ3v) is 14.5. The lowest BCUT2D eigenvalue weighted by molar-refractivity contribution is -0.127. The summed E-state index contributed by atoms with van der Waals surface area (Å²) in [5, 5.41) is 23.5. The maximum atomic E-state index is 11.9.